The number of rotatable bonds is 7. The maximum absolute atomic E-state index is 12.9. The smallest absolute Gasteiger partial charge is 0.254 e. The van der Waals surface area contributed by atoms with E-state index in [-0.39, 0.29) is 38.8 Å². The van der Waals surface area contributed by atoms with Crippen LogP contribution in [0.15, 0.2) is 21.7 Å². The van der Waals surface area contributed by atoms with E-state index in [0.29, 0.717) is 16.4 Å². The van der Waals surface area contributed by atoms with E-state index >= 15 is 0 Å². The molecule has 10 heteroatoms. The summed E-state index contributed by atoms with van der Waals surface area (Å²) in [6, 6.07) is 2.23. The van der Waals surface area contributed by atoms with Crippen LogP contribution in [0.5, 0.6) is 5.75 Å². The number of aliphatic hydroxyl groups is 1. The summed E-state index contributed by atoms with van der Waals surface area (Å²) in [6.45, 7) is 1.46. The van der Waals surface area contributed by atoms with E-state index in [1.54, 1.807) is 0 Å². The van der Waals surface area contributed by atoms with E-state index in [4.69, 9.17) is 0 Å². The number of phenolic OH excluding ortho intramolecular Hbond substituents is 1. The van der Waals surface area contributed by atoms with Gasteiger partial charge < -0.3 is 25.4 Å². The number of halogens is 1. The molecule has 0 atom stereocenters. The van der Waals surface area contributed by atoms with Crippen molar-refractivity contribution in [1.29, 1.82) is 0 Å². The minimum Gasteiger partial charge on any atom is -0.515 e. The average Bonchev–Trinajstić information content (AvgIpc) is 2.70. The summed E-state index contributed by atoms with van der Waals surface area (Å²) in [5.41, 5.74) is -0.794. The molecule has 0 unspecified atom stereocenters. The van der Waals surface area contributed by atoms with Crippen molar-refractivity contribution in [3.8, 4) is 5.75 Å². The highest BCUT2D eigenvalue weighted by Gasteiger charge is 2.20. The lowest BCUT2D eigenvalue weighted by atomic mass is 10.1. The molecule has 0 aliphatic heterocycles. The molecule has 0 fully saturated rings. The third kappa shape index (κ3) is 4.79. The van der Waals surface area contributed by atoms with Gasteiger partial charge in [0.1, 0.15) is 22.3 Å². The molecule has 0 saturated heterocycles. The number of benzene rings is 2. The van der Waals surface area contributed by atoms with E-state index in [0.717, 1.165) is 31.9 Å². The molecule has 0 bridgehead atoms. The van der Waals surface area contributed by atoms with Crippen LogP contribution in [0.2, 0.25) is 0 Å². The number of unbranched alkanes of at least 4 members (excludes halogenated alkanes) is 2. The van der Waals surface area contributed by atoms with Crippen LogP contribution < -0.4 is 21.4 Å². The second kappa shape index (κ2) is 9.60. The second-order valence-corrected chi connectivity index (χ2v) is 8.63. The first kappa shape index (κ1) is 22.9. The molecule has 31 heavy (non-hydrogen) atoms. The summed E-state index contributed by atoms with van der Waals surface area (Å²) < 4.78 is 0.428. The molecule has 3 aromatic rings. The van der Waals surface area contributed by atoms with Crippen molar-refractivity contribution in [3.63, 3.8) is 0 Å². The number of fused-ring (bicyclic) bond motifs is 2. The Hall–Kier alpha value is -2.73. The first-order valence-corrected chi connectivity index (χ1v) is 10.8. The van der Waals surface area contributed by atoms with Gasteiger partial charge in [0.25, 0.3) is 5.91 Å². The number of hydrogen-bond donors (Lipinski definition) is 4. The van der Waals surface area contributed by atoms with E-state index in [1.807, 2.05) is 36.7 Å². The number of carbonyl (C=O) groups is 1. The van der Waals surface area contributed by atoms with E-state index in [1.165, 1.54) is 6.07 Å². The van der Waals surface area contributed by atoms with E-state index in [9.17, 15) is 24.6 Å². The highest BCUT2D eigenvalue weighted by atomic mass is 127. The molecule has 1 amide bonds. The number of aromatic nitrogens is 2. The maximum atomic E-state index is 12.9. The monoisotopic (exact) mass is 538 g/mol. The highest BCUT2D eigenvalue weighted by molar-refractivity contribution is 14.1. The summed E-state index contributed by atoms with van der Waals surface area (Å²) >= 11 is 1.90. The van der Waals surface area contributed by atoms with Gasteiger partial charge in [-0.2, -0.15) is 0 Å². The molecule has 3 rings (SSSR count). The first-order valence-electron chi connectivity index (χ1n) is 9.74. The number of aliphatic hydroxyl groups excluding tert-OH is 1. The summed E-state index contributed by atoms with van der Waals surface area (Å²) in [5.74, 6) is -0.829. The molecule has 0 aliphatic rings. The van der Waals surface area contributed by atoms with Crippen LogP contribution in [-0.2, 0) is 0 Å². The quantitative estimate of drug-likeness (QED) is 0.202. The summed E-state index contributed by atoms with van der Waals surface area (Å²) in [4.78, 5) is 47.0. The minimum atomic E-state index is -0.578. The van der Waals surface area contributed by atoms with Crippen molar-refractivity contribution >= 4 is 56.8 Å². The summed E-state index contributed by atoms with van der Waals surface area (Å²) in [5, 5.41) is 22.1. The molecule has 1 heterocycles. The van der Waals surface area contributed by atoms with E-state index in [2.05, 4.69) is 20.2 Å². The number of H-pyrrole nitrogens is 1. The minimum absolute atomic E-state index is 0.0234. The molecular formula is C21H23IN4O5. The molecule has 164 valence electrons. The lowest BCUT2D eigenvalue weighted by Gasteiger charge is -2.11. The van der Waals surface area contributed by atoms with Gasteiger partial charge in [-0.05, 0) is 56.1 Å². The van der Waals surface area contributed by atoms with Crippen LogP contribution in [0.1, 0.15) is 29.6 Å². The van der Waals surface area contributed by atoms with Crippen molar-refractivity contribution in [3.05, 3.63) is 46.9 Å². The van der Waals surface area contributed by atoms with Crippen molar-refractivity contribution in [1.82, 2.24) is 20.2 Å². The average molecular weight is 538 g/mol. The van der Waals surface area contributed by atoms with Gasteiger partial charge in [-0.3, -0.25) is 14.4 Å². The number of phenols is 1. The van der Waals surface area contributed by atoms with Gasteiger partial charge in [0.2, 0.25) is 10.9 Å². The Morgan fingerprint density at radius 2 is 1.90 bits per heavy atom. The summed E-state index contributed by atoms with van der Waals surface area (Å²) in [6.07, 6.45) is 3.43. The summed E-state index contributed by atoms with van der Waals surface area (Å²) in [7, 11) is 4.03. The topological polar surface area (TPSA) is 136 Å². The van der Waals surface area contributed by atoms with Crippen LogP contribution in [0, 0.1) is 3.57 Å². The third-order valence-corrected chi connectivity index (χ3v) is 5.75. The van der Waals surface area contributed by atoms with Crippen LogP contribution >= 0.6 is 22.6 Å². The van der Waals surface area contributed by atoms with Crippen molar-refractivity contribution in [2.24, 2.45) is 0 Å². The normalized spacial score (nSPS) is 12.2. The van der Waals surface area contributed by atoms with Gasteiger partial charge in [0.15, 0.2) is 0 Å². The van der Waals surface area contributed by atoms with E-state index < -0.39 is 16.6 Å². The van der Waals surface area contributed by atoms with Gasteiger partial charge in [-0.15, -0.1) is 0 Å². The predicted molar refractivity (Wildman–Crippen MR) is 128 cm³/mol. The lowest BCUT2D eigenvalue weighted by Crippen LogP contribution is -2.27. The predicted octanol–water partition coefficient (Wildman–Crippen LogP) is 1.22. The molecule has 0 aliphatic carbocycles. The van der Waals surface area contributed by atoms with Gasteiger partial charge in [0, 0.05) is 22.2 Å². The fourth-order valence-electron chi connectivity index (χ4n) is 3.34. The molecule has 4 N–H and O–H groups in total. The van der Waals surface area contributed by atoms with Crippen molar-refractivity contribution < 1.29 is 15.0 Å². The van der Waals surface area contributed by atoms with Crippen LogP contribution in [0.4, 0.5) is 0 Å². The van der Waals surface area contributed by atoms with Gasteiger partial charge in [-0.1, -0.05) is 6.42 Å². The zero-order valence-corrected chi connectivity index (χ0v) is 19.3. The number of aromatic amines is 1. The Bertz CT molecular complexity index is 1320. The number of carbonyl (C=O) groups excluding carboxylic acids is 1. The molecule has 2 aromatic carbocycles. The van der Waals surface area contributed by atoms with Gasteiger partial charge in [0.05, 0.1) is 22.6 Å². The largest absolute Gasteiger partial charge is 0.515 e. The fraction of sp³-hybridized carbons (Fsp3) is 0.333. The number of nitrogens with one attached hydrogen (secondary N) is 2. The fourth-order valence-corrected chi connectivity index (χ4v) is 4.14. The van der Waals surface area contributed by atoms with Crippen molar-refractivity contribution in [2.45, 2.75) is 19.3 Å². The molecule has 0 spiro atoms. The molecule has 0 radical (unpaired) electrons. The molecule has 1 aromatic heterocycles. The second-order valence-electron chi connectivity index (χ2n) is 7.47. The maximum Gasteiger partial charge on any atom is 0.254 e. The molecule has 9 nitrogen and oxygen atoms in total. The third-order valence-electron chi connectivity index (χ3n) is 4.90. The Morgan fingerprint density at radius 3 is 2.58 bits per heavy atom. The number of nitrogens with zero attached hydrogens (tertiary/aromatic N) is 2. The Morgan fingerprint density at radius 1 is 1.16 bits per heavy atom. The van der Waals surface area contributed by atoms with Crippen LogP contribution in [-0.4, -0.2) is 58.2 Å². The zero-order valence-electron chi connectivity index (χ0n) is 17.2. The standard InChI is InChI=1S/C21H23IN4O5/c1-26(2)7-5-3-4-6-23-21(31)16-12(22)8-14(29)19-20(16)25-18-15(30)9-13(28)11(10-27)17(18)24-19/h8-10,25,27-28H,3-7H2,1-2H3,(H,23,31). The highest BCUT2D eigenvalue weighted by Crippen LogP contribution is 2.20. The first-order chi connectivity index (χ1) is 14.7. The molecular weight excluding hydrogens is 515 g/mol. The lowest BCUT2D eigenvalue weighted by molar-refractivity contribution is 0.0953. The Labute approximate surface area is 190 Å². The van der Waals surface area contributed by atoms with Crippen LogP contribution in [0.3, 0.4) is 0 Å². The van der Waals surface area contributed by atoms with Gasteiger partial charge >= 0.3 is 0 Å². The number of aromatic hydroxyl groups is 1. The molecule has 0 saturated carbocycles. The SMILES string of the molecule is CN(C)CCCCCNC(=O)c1c(I)cc(=O)c2nc3c(=CO)c(O)cc(=O)c3[nH]c12. The Balaban J connectivity index is 2.02. The zero-order chi connectivity index (χ0) is 22.7. The van der Waals surface area contributed by atoms with Crippen LogP contribution in [0.25, 0.3) is 28.3 Å². The number of hydrogen-bond acceptors (Lipinski definition) is 7. The number of amides is 1. The Kier molecular flexibility index (Phi) is 7.11. The van der Waals surface area contributed by atoms with Gasteiger partial charge in [-0.25, -0.2) is 4.98 Å². The van der Waals surface area contributed by atoms with Crippen molar-refractivity contribution in [2.75, 3.05) is 27.2 Å².